The summed E-state index contributed by atoms with van der Waals surface area (Å²) in [4.78, 5) is 12.5. The highest BCUT2D eigenvalue weighted by atomic mass is 32.2. The SMILES string of the molecule is COc1ccc(C)cc1C(=O)C1CCCCS1(=O)=O. The number of Topliss-reactive ketones (excluding diaryl/α,β-unsaturated/α-hetero) is 1. The standard InChI is InChI=1S/C14H18O4S/c1-10-6-7-12(18-2)11(9-10)14(15)13-5-3-4-8-19(13,16)17/h6-7,9,13H,3-5,8H2,1-2H3. The Balaban J connectivity index is 2.41. The first-order valence-corrected chi connectivity index (χ1v) is 8.07. The number of carbonyl (C=O) groups is 1. The summed E-state index contributed by atoms with van der Waals surface area (Å²) in [6.07, 6.45) is 1.85. The number of ether oxygens (including phenoxy) is 1. The lowest BCUT2D eigenvalue weighted by atomic mass is 10.0. The van der Waals surface area contributed by atoms with Crippen LogP contribution in [0, 0.1) is 6.92 Å². The average Bonchev–Trinajstić information content (AvgIpc) is 2.37. The van der Waals surface area contributed by atoms with Crippen molar-refractivity contribution >= 4 is 15.6 Å². The molecule has 104 valence electrons. The Kier molecular flexibility index (Phi) is 3.94. The molecule has 5 heteroatoms. The monoisotopic (exact) mass is 282 g/mol. The van der Waals surface area contributed by atoms with Crippen LogP contribution in [-0.2, 0) is 9.84 Å². The number of benzene rings is 1. The van der Waals surface area contributed by atoms with E-state index in [1.54, 1.807) is 12.1 Å². The van der Waals surface area contributed by atoms with Crippen LogP contribution in [0.25, 0.3) is 0 Å². The van der Waals surface area contributed by atoms with E-state index in [4.69, 9.17) is 4.74 Å². The smallest absolute Gasteiger partial charge is 0.184 e. The van der Waals surface area contributed by atoms with Crippen molar-refractivity contribution in [3.05, 3.63) is 29.3 Å². The Hall–Kier alpha value is -1.36. The normalized spacial score (nSPS) is 21.9. The third-order valence-electron chi connectivity index (χ3n) is 3.49. The van der Waals surface area contributed by atoms with Crippen LogP contribution in [-0.4, -0.2) is 32.3 Å². The van der Waals surface area contributed by atoms with E-state index in [0.717, 1.165) is 12.0 Å². The van der Waals surface area contributed by atoms with Crippen LogP contribution in [0.2, 0.25) is 0 Å². The van der Waals surface area contributed by atoms with Crippen LogP contribution in [0.1, 0.15) is 35.2 Å². The van der Waals surface area contributed by atoms with Crippen molar-refractivity contribution in [3.8, 4) is 5.75 Å². The minimum atomic E-state index is -3.31. The summed E-state index contributed by atoms with van der Waals surface area (Å²) < 4.78 is 29.2. The summed E-state index contributed by atoms with van der Waals surface area (Å²) in [5.74, 6) is 0.217. The first-order chi connectivity index (χ1) is 8.95. The number of hydrogen-bond acceptors (Lipinski definition) is 4. The number of methoxy groups -OCH3 is 1. The molecule has 1 aromatic carbocycles. The Morgan fingerprint density at radius 1 is 1.32 bits per heavy atom. The summed E-state index contributed by atoms with van der Waals surface area (Å²) in [5.41, 5.74) is 1.29. The molecule has 2 rings (SSSR count). The second-order valence-corrected chi connectivity index (χ2v) is 7.22. The summed E-state index contributed by atoms with van der Waals surface area (Å²) >= 11 is 0. The van der Waals surface area contributed by atoms with Gasteiger partial charge in [-0.1, -0.05) is 18.1 Å². The Bertz CT molecular complexity index is 589. The topological polar surface area (TPSA) is 60.4 Å². The second-order valence-electron chi connectivity index (χ2n) is 4.92. The lowest BCUT2D eigenvalue weighted by molar-refractivity contribution is 0.0978. The molecule has 0 aliphatic carbocycles. The van der Waals surface area contributed by atoms with E-state index in [-0.39, 0.29) is 11.5 Å². The number of sulfone groups is 1. The van der Waals surface area contributed by atoms with Crippen LogP contribution < -0.4 is 4.74 Å². The lowest BCUT2D eigenvalue weighted by Crippen LogP contribution is -2.35. The Morgan fingerprint density at radius 2 is 2.05 bits per heavy atom. The molecule has 0 bridgehead atoms. The first-order valence-electron chi connectivity index (χ1n) is 6.36. The fourth-order valence-electron chi connectivity index (χ4n) is 2.44. The molecule has 0 N–H and O–H groups in total. The average molecular weight is 282 g/mol. The van der Waals surface area contributed by atoms with Crippen molar-refractivity contribution in [1.29, 1.82) is 0 Å². The van der Waals surface area contributed by atoms with E-state index in [0.29, 0.717) is 24.2 Å². The molecular weight excluding hydrogens is 264 g/mol. The van der Waals surface area contributed by atoms with Crippen LogP contribution in [0.3, 0.4) is 0 Å². The van der Waals surface area contributed by atoms with Crippen LogP contribution >= 0.6 is 0 Å². The van der Waals surface area contributed by atoms with Gasteiger partial charge >= 0.3 is 0 Å². The minimum absolute atomic E-state index is 0.109. The van der Waals surface area contributed by atoms with Gasteiger partial charge in [-0.15, -0.1) is 0 Å². The summed E-state index contributed by atoms with van der Waals surface area (Å²) in [6.45, 7) is 1.87. The predicted octanol–water partition coefficient (Wildman–Crippen LogP) is 2.15. The molecule has 1 unspecified atom stereocenters. The van der Waals surface area contributed by atoms with Gasteiger partial charge in [-0.2, -0.15) is 0 Å². The fraction of sp³-hybridized carbons (Fsp3) is 0.500. The molecule has 1 aromatic rings. The predicted molar refractivity (Wildman–Crippen MR) is 73.5 cm³/mol. The maximum absolute atomic E-state index is 12.5. The maximum atomic E-state index is 12.5. The highest BCUT2D eigenvalue weighted by molar-refractivity contribution is 7.92. The van der Waals surface area contributed by atoms with Gasteiger partial charge < -0.3 is 4.74 Å². The molecule has 0 spiro atoms. The second kappa shape index (κ2) is 5.33. The molecule has 1 saturated heterocycles. The molecular formula is C14H18O4S. The molecule has 1 fully saturated rings. The van der Waals surface area contributed by atoms with Crippen molar-refractivity contribution in [2.24, 2.45) is 0 Å². The third kappa shape index (κ3) is 2.81. The van der Waals surface area contributed by atoms with Gasteiger partial charge in [0, 0.05) is 0 Å². The van der Waals surface area contributed by atoms with Crippen LogP contribution in [0.15, 0.2) is 18.2 Å². The van der Waals surface area contributed by atoms with Gasteiger partial charge in [0.1, 0.15) is 11.0 Å². The van der Waals surface area contributed by atoms with Gasteiger partial charge in [-0.25, -0.2) is 8.42 Å². The first kappa shape index (κ1) is 14.1. The lowest BCUT2D eigenvalue weighted by Gasteiger charge is -2.22. The molecule has 0 radical (unpaired) electrons. The maximum Gasteiger partial charge on any atom is 0.184 e. The highest BCUT2D eigenvalue weighted by Crippen LogP contribution is 2.28. The number of rotatable bonds is 3. The highest BCUT2D eigenvalue weighted by Gasteiger charge is 2.36. The molecule has 1 aliphatic rings. The van der Waals surface area contributed by atoms with Gasteiger partial charge in [0.05, 0.1) is 18.4 Å². The molecule has 0 saturated carbocycles. The van der Waals surface area contributed by atoms with Crippen LogP contribution in [0.5, 0.6) is 5.75 Å². The summed E-state index contributed by atoms with van der Waals surface area (Å²) in [7, 11) is -1.83. The zero-order valence-electron chi connectivity index (χ0n) is 11.2. The van der Waals surface area contributed by atoms with E-state index in [1.165, 1.54) is 7.11 Å². The Morgan fingerprint density at radius 3 is 2.68 bits per heavy atom. The number of hydrogen-bond donors (Lipinski definition) is 0. The van der Waals surface area contributed by atoms with E-state index in [9.17, 15) is 13.2 Å². The van der Waals surface area contributed by atoms with Crippen LogP contribution in [0.4, 0.5) is 0 Å². The molecule has 4 nitrogen and oxygen atoms in total. The van der Waals surface area contributed by atoms with E-state index in [1.807, 2.05) is 13.0 Å². The van der Waals surface area contributed by atoms with Crippen molar-refractivity contribution in [3.63, 3.8) is 0 Å². The fourth-order valence-corrected chi connectivity index (χ4v) is 4.31. The molecule has 19 heavy (non-hydrogen) atoms. The molecule has 0 aromatic heterocycles. The van der Waals surface area contributed by atoms with Gasteiger partial charge in [-0.3, -0.25) is 4.79 Å². The van der Waals surface area contributed by atoms with Crippen molar-refractivity contribution in [1.82, 2.24) is 0 Å². The van der Waals surface area contributed by atoms with Gasteiger partial charge in [-0.05, 0) is 31.9 Å². The molecule has 0 amide bonds. The van der Waals surface area contributed by atoms with Gasteiger partial charge in [0.15, 0.2) is 15.6 Å². The zero-order chi connectivity index (χ0) is 14.0. The summed E-state index contributed by atoms with van der Waals surface area (Å²) in [6, 6.07) is 5.24. The molecule has 1 atom stereocenters. The van der Waals surface area contributed by atoms with E-state index in [2.05, 4.69) is 0 Å². The number of ketones is 1. The van der Waals surface area contributed by atoms with E-state index < -0.39 is 15.1 Å². The Labute approximate surface area is 113 Å². The molecule has 1 aliphatic heterocycles. The summed E-state index contributed by atoms with van der Waals surface area (Å²) in [5, 5.41) is -0.906. The van der Waals surface area contributed by atoms with Gasteiger partial charge in [0.25, 0.3) is 0 Å². The molecule has 1 heterocycles. The van der Waals surface area contributed by atoms with Crippen molar-refractivity contribution in [2.75, 3.05) is 12.9 Å². The van der Waals surface area contributed by atoms with E-state index >= 15 is 0 Å². The van der Waals surface area contributed by atoms with Gasteiger partial charge in [0.2, 0.25) is 0 Å². The number of aryl methyl sites for hydroxylation is 1. The third-order valence-corrected chi connectivity index (χ3v) is 5.67. The largest absolute Gasteiger partial charge is 0.496 e. The van der Waals surface area contributed by atoms with Crippen molar-refractivity contribution in [2.45, 2.75) is 31.4 Å². The van der Waals surface area contributed by atoms with Crippen molar-refractivity contribution < 1.29 is 17.9 Å². The number of carbonyl (C=O) groups excluding carboxylic acids is 1. The zero-order valence-corrected chi connectivity index (χ0v) is 12.0. The quantitative estimate of drug-likeness (QED) is 0.797. The minimum Gasteiger partial charge on any atom is -0.496 e.